The van der Waals surface area contributed by atoms with Gasteiger partial charge < -0.3 is 24.8 Å². The van der Waals surface area contributed by atoms with Crippen molar-refractivity contribution in [1.82, 2.24) is 0 Å². The summed E-state index contributed by atoms with van der Waals surface area (Å²) < 4.78 is 14.9. The molecule has 0 aliphatic carbocycles. The van der Waals surface area contributed by atoms with E-state index in [0.29, 0.717) is 34.9 Å². The van der Waals surface area contributed by atoms with E-state index in [1.54, 1.807) is 43.3 Å². The third-order valence-corrected chi connectivity index (χ3v) is 4.91. The van der Waals surface area contributed by atoms with E-state index in [9.17, 15) is 19.2 Å². The molecule has 0 radical (unpaired) electrons. The van der Waals surface area contributed by atoms with Crippen LogP contribution in [0.5, 0.6) is 5.75 Å². The van der Waals surface area contributed by atoms with E-state index >= 15 is 0 Å². The molecule has 0 aliphatic heterocycles. The van der Waals surface area contributed by atoms with E-state index in [1.165, 1.54) is 44.6 Å². The monoisotopic (exact) mass is 476 g/mol. The first kappa shape index (κ1) is 25.0. The topological polar surface area (TPSA) is 120 Å². The fourth-order valence-electron chi connectivity index (χ4n) is 3.15. The Balaban J connectivity index is 1.79. The first-order valence-corrected chi connectivity index (χ1v) is 10.6. The van der Waals surface area contributed by atoms with E-state index in [1.807, 2.05) is 0 Å². The van der Waals surface area contributed by atoms with E-state index in [2.05, 4.69) is 20.1 Å². The highest BCUT2D eigenvalue weighted by Gasteiger charge is 2.17. The van der Waals surface area contributed by atoms with Gasteiger partial charge in [-0.2, -0.15) is 0 Å². The van der Waals surface area contributed by atoms with Crippen LogP contribution in [0.4, 0.5) is 11.4 Å². The molecule has 0 unspecified atom stereocenters. The lowest BCUT2D eigenvalue weighted by atomic mass is 10.1. The van der Waals surface area contributed by atoms with Gasteiger partial charge in [0.05, 0.1) is 37.5 Å². The zero-order valence-electron chi connectivity index (χ0n) is 19.4. The van der Waals surface area contributed by atoms with Crippen LogP contribution in [-0.4, -0.2) is 44.6 Å². The van der Waals surface area contributed by atoms with Crippen LogP contribution in [0.15, 0.2) is 66.7 Å². The summed E-state index contributed by atoms with van der Waals surface area (Å²) in [5.41, 5.74) is 2.01. The summed E-state index contributed by atoms with van der Waals surface area (Å²) >= 11 is 0. The number of hydrogen-bond donors (Lipinski definition) is 2. The van der Waals surface area contributed by atoms with Crippen LogP contribution in [0, 0.1) is 0 Å². The quantitative estimate of drug-likeness (QED) is 0.468. The van der Waals surface area contributed by atoms with Crippen LogP contribution >= 0.6 is 0 Å². The molecule has 3 aromatic rings. The second-order valence-electron chi connectivity index (χ2n) is 7.19. The Labute approximate surface area is 202 Å². The maximum atomic E-state index is 13.0. The molecule has 0 aliphatic rings. The minimum Gasteiger partial charge on any atom is -0.493 e. The molecule has 0 saturated carbocycles. The number of carbonyl (C=O) groups is 4. The molecule has 3 aromatic carbocycles. The summed E-state index contributed by atoms with van der Waals surface area (Å²) in [6.45, 7) is 2.11. The number of rotatable bonds is 8. The van der Waals surface area contributed by atoms with E-state index in [0.717, 1.165) is 0 Å². The number of nitrogens with one attached hydrogen (secondary N) is 2. The van der Waals surface area contributed by atoms with Crippen molar-refractivity contribution in [3.05, 3.63) is 89.0 Å². The number of benzene rings is 3. The molecule has 2 amide bonds. The predicted octanol–water partition coefficient (Wildman–Crippen LogP) is 4.16. The second kappa shape index (κ2) is 11.5. The van der Waals surface area contributed by atoms with Crippen molar-refractivity contribution < 1.29 is 33.4 Å². The van der Waals surface area contributed by atoms with Crippen molar-refractivity contribution >= 4 is 35.1 Å². The van der Waals surface area contributed by atoms with Crippen LogP contribution in [0.3, 0.4) is 0 Å². The van der Waals surface area contributed by atoms with Crippen molar-refractivity contribution in [3.63, 3.8) is 0 Å². The van der Waals surface area contributed by atoms with Crippen LogP contribution in [0.25, 0.3) is 0 Å². The molecular weight excluding hydrogens is 452 g/mol. The standard InChI is InChI=1S/C26H24N2O7/c1-4-35-22-14-9-18(23(29)27-19-10-5-16(6-11-19)25(31)33-2)15-21(22)24(30)28-20-12-7-17(8-13-20)26(32)34-3/h5-15H,4H2,1-3H3,(H,27,29)(H,28,30). The molecule has 35 heavy (non-hydrogen) atoms. The number of hydrogen-bond acceptors (Lipinski definition) is 7. The van der Waals surface area contributed by atoms with Crippen LogP contribution in [0.2, 0.25) is 0 Å². The molecule has 0 bridgehead atoms. The second-order valence-corrected chi connectivity index (χ2v) is 7.19. The lowest BCUT2D eigenvalue weighted by molar-refractivity contribution is 0.0592. The summed E-state index contributed by atoms with van der Waals surface area (Å²) in [5, 5.41) is 5.46. The maximum absolute atomic E-state index is 13.0. The third-order valence-electron chi connectivity index (χ3n) is 4.91. The van der Waals surface area contributed by atoms with E-state index in [4.69, 9.17) is 4.74 Å². The molecule has 2 N–H and O–H groups in total. The number of ether oxygens (including phenoxy) is 3. The van der Waals surface area contributed by atoms with Gasteiger partial charge in [-0.25, -0.2) is 9.59 Å². The molecule has 3 rings (SSSR count). The molecule has 0 spiro atoms. The largest absolute Gasteiger partial charge is 0.493 e. The Morgan fingerprint density at radius 2 is 1.11 bits per heavy atom. The molecule has 9 nitrogen and oxygen atoms in total. The van der Waals surface area contributed by atoms with Gasteiger partial charge in [0.15, 0.2) is 0 Å². The summed E-state index contributed by atoms with van der Waals surface area (Å²) in [6.07, 6.45) is 0. The summed E-state index contributed by atoms with van der Waals surface area (Å²) in [7, 11) is 2.57. The first-order valence-electron chi connectivity index (χ1n) is 10.6. The number of esters is 2. The van der Waals surface area contributed by atoms with Gasteiger partial charge in [-0.1, -0.05) is 0 Å². The van der Waals surface area contributed by atoms with Gasteiger partial charge in [0.1, 0.15) is 5.75 Å². The molecule has 0 aromatic heterocycles. The number of methoxy groups -OCH3 is 2. The van der Waals surface area contributed by atoms with Crippen molar-refractivity contribution in [1.29, 1.82) is 0 Å². The molecule has 0 heterocycles. The van der Waals surface area contributed by atoms with Crippen LogP contribution < -0.4 is 15.4 Å². The van der Waals surface area contributed by atoms with Crippen molar-refractivity contribution in [2.75, 3.05) is 31.5 Å². The van der Waals surface area contributed by atoms with Gasteiger partial charge >= 0.3 is 11.9 Å². The number of amides is 2. The molecule has 0 fully saturated rings. The Morgan fingerprint density at radius 1 is 0.657 bits per heavy atom. The Bertz CT molecular complexity index is 1240. The van der Waals surface area contributed by atoms with Crippen molar-refractivity contribution in [2.45, 2.75) is 6.92 Å². The molecule has 180 valence electrons. The highest BCUT2D eigenvalue weighted by Crippen LogP contribution is 2.23. The minimum absolute atomic E-state index is 0.164. The normalized spacial score (nSPS) is 10.1. The van der Waals surface area contributed by atoms with Crippen molar-refractivity contribution in [3.8, 4) is 5.75 Å². The molecule has 9 heteroatoms. The zero-order chi connectivity index (χ0) is 25.4. The third kappa shape index (κ3) is 6.23. The van der Waals surface area contributed by atoms with E-state index < -0.39 is 23.8 Å². The lowest BCUT2D eigenvalue weighted by Gasteiger charge is -2.13. The fraction of sp³-hybridized carbons (Fsp3) is 0.154. The number of carbonyl (C=O) groups excluding carboxylic acids is 4. The van der Waals surface area contributed by atoms with Gasteiger partial charge in [0, 0.05) is 16.9 Å². The average Bonchev–Trinajstić information content (AvgIpc) is 2.88. The lowest BCUT2D eigenvalue weighted by Crippen LogP contribution is -2.17. The molecule has 0 saturated heterocycles. The van der Waals surface area contributed by atoms with Gasteiger partial charge in [0.2, 0.25) is 0 Å². The van der Waals surface area contributed by atoms with Gasteiger partial charge in [-0.15, -0.1) is 0 Å². The summed E-state index contributed by atoms with van der Waals surface area (Å²) in [5.74, 6) is -1.59. The van der Waals surface area contributed by atoms with Gasteiger partial charge in [0.25, 0.3) is 11.8 Å². The maximum Gasteiger partial charge on any atom is 0.337 e. The zero-order valence-corrected chi connectivity index (χ0v) is 19.4. The average molecular weight is 476 g/mol. The highest BCUT2D eigenvalue weighted by atomic mass is 16.5. The Hall–Kier alpha value is -4.66. The van der Waals surface area contributed by atoms with Gasteiger partial charge in [-0.05, 0) is 73.7 Å². The highest BCUT2D eigenvalue weighted by molar-refractivity contribution is 6.10. The van der Waals surface area contributed by atoms with Crippen LogP contribution in [0.1, 0.15) is 48.4 Å². The van der Waals surface area contributed by atoms with E-state index in [-0.39, 0.29) is 11.1 Å². The SMILES string of the molecule is CCOc1ccc(C(=O)Nc2ccc(C(=O)OC)cc2)cc1C(=O)Nc1ccc(C(=O)OC)cc1. The minimum atomic E-state index is -0.489. The fourth-order valence-corrected chi connectivity index (χ4v) is 3.15. The molecular formula is C26H24N2O7. The Morgan fingerprint density at radius 3 is 1.57 bits per heavy atom. The smallest absolute Gasteiger partial charge is 0.337 e. The number of anilines is 2. The summed E-state index contributed by atoms with van der Waals surface area (Å²) in [6, 6.07) is 16.9. The van der Waals surface area contributed by atoms with Crippen LogP contribution in [-0.2, 0) is 9.47 Å². The predicted molar refractivity (Wildman–Crippen MR) is 129 cm³/mol. The van der Waals surface area contributed by atoms with Crippen molar-refractivity contribution in [2.24, 2.45) is 0 Å². The Kier molecular flexibility index (Phi) is 8.18. The first-order chi connectivity index (χ1) is 16.9. The molecule has 0 atom stereocenters. The summed E-state index contributed by atoms with van der Waals surface area (Å²) in [4.78, 5) is 49.0. The van der Waals surface area contributed by atoms with Gasteiger partial charge in [-0.3, -0.25) is 9.59 Å².